The maximum Gasteiger partial charge on any atom is 0.260 e. The van der Waals surface area contributed by atoms with Crippen molar-refractivity contribution in [2.45, 2.75) is 12.1 Å². The smallest absolute Gasteiger partial charge is 0.260 e. The molecule has 0 unspecified atom stereocenters. The summed E-state index contributed by atoms with van der Waals surface area (Å²) in [6.45, 7) is 2.07. The van der Waals surface area contributed by atoms with Gasteiger partial charge in [0.25, 0.3) is 5.56 Å². The second kappa shape index (κ2) is 6.01. The number of hydrogen-bond acceptors (Lipinski definition) is 5. The number of fused-ring (bicyclic) bond motifs is 1. The quantitative estimate of drug-likeness (QED) is 0.573. The van der Waals surface area contributed by atoms with E-state index in [0.29, 0.717) is 16.3 Å². The third-order valence-electron chi connectivity index (χ3n) is 3.11. The van der Waals surface area contributed by atoms with Crippen LogP contribution in [0.2, 0.25) is 0 Å². The Labute approximate surface area is 129 Å². The van der Waals surface area contributed by atoms with Gasteiger partial charge in [-0.15, -0.1) is 11.3 Å². The van der Waals surface area contributed by atoms with Crippen molar-refractivity contribution in [1.29, 1.82) is 0 Å². The number of thioether (sulfide) groups is 1. The minimum atomic E-state index is -0.122. The van der Waals surface area contributed by atoms with Crippen LogP contribution in [-0.2, 0) is 0 Å². The molecule has 0 saturated heterocycles. The van der Waals surface area contributed by atoms with E-state index in [1.54, 1.807) is 0 Å². The number of aromatic amines is 1. The van der Waals surface area contributed by atoms with Crippen molar-refractivity contribution in [2.24, 2.45) is 0 Å². The average molecular weight is 318 g/mol. The fourth-order valence-electron chi connectivity index (χ4n) is 2.26. The number of rotatable bonds is 4. The molecule has 0 saturated carbocycles. The van der Waals surface area contributed by atoms with Crippen molar-refractivity contribution in [3.8, 4) is 11.1 Å². The van der Waals surface area contributed by atoms with Gasteiger partial charge in [-0.25, -0.2) is 4.98 Å². The van der Waals surface area contributed by atoms with Crippen LogP contribution in [0.3, 0.4) is 0 Å². The van der Waals surface area contributed by atoms with E-state index in [4.69, 9.17) is 5.11 Å². The van der Waals surface area contributed by atoms with Gasteiger partial charge in [0.05, 0.1) is 12.0 Å². The van der Waals surface area contributed by atoms with Crippen LogP contribution in [0.1, 0.15) is 4.88 Å². The SMILES string of the molecule is Cc1sc2nc(SCCO)[nH]c(=O)c2c1-c1ccccc1. The van der Waals surface area contributed by atoms with Crippen molar-refractivity contribution in [3.05, 3.63) is 45.6 Å². The largest absolute Gasteiger partial charge is 0.396 e. The number of aromatic nitrogens is 2. The lowest BCUT2D eigenvalue weighted by Gasteiger charge is -2.02. The molecule has 0 aliphatic rings. The minimum absolute atomic E-state index is 0.0607. The fraction of sp³-hybridized carbons (Fsp3) is 0.200. The van der Waals surface area contributed by atoms with E-state index in [1.165, 1.54) is 23.1 Å². The lowest BCUT2D eigenvalue weighted by molar-refractivity contribution is 0.322. The Bertz CT molecular complexity index is 825. The summed E-state index contributed by atoms with van der Waals surface area (Å²) in [5.41, 5.74) is 1.87. The van der Waals surface area contributed by atoms with Crippen LogP contribution < -0.4 is 5.56 Å². The predicted molar refractivity (Wildman–Crippen MR) is 88.2 cm³/mol. The molecule has 6 heteroatoms. The van der Waals surface area contributed by atoms with Crippen LogP contribution in [0.5, 0.6) is 0 Å². The molecule has 2 N–H and O–H groups in total. The van der Waals surface area contributed by atoms with Crippen molar-refractivity contribution in [3.63, 3.8) is 0 Å². The molecule has 108 valence electrons. The van der Waals surface area contributed by atoms with Crippen molar-refractivity contribution in [1.82, 2.24) is 9.97 Å². The molecule has 0 spiro atoms. The zero-order valence-corrected chi connectivity index (χ0v) is 13.1. The van der Waals surface area contributed by atoms with Gasteiger partial charge in [0.2, 0.25) is 0 Å². The lowest BCUT2D eigenvalue weighted by atomic mass is 10.0. The maximum atomic E-state index is 12.4. The molecule has 4 nitrogen and oxygen atoms in total. The van der Waals surface area contributed by atoms with E-state index in [-0.39, 0.29) is 12.2 Å². The molecule has 0 aliphatic heterocycles. The van der Waals surface area contributed by atoms with E-state index in [0.717, 1.165) is 20.8 Å². The van der Waals surface area contributed by atoms with Gasteiger partial charge in [0.1, 0.15) is 4.83 Å². The summed E-state index contributed by atoms with van der Waals surface area (Å²) in [5.74, 6) is 0.518. The number of hydrogen-bond donors (Lipinski definition) is 2. The summed E-state index contributed by atoms with van der Waals surface area (Å²) < 4.78 is 0. The third-order valence-corrected chi connectivity index (χ3v) is 4.96. The molecular weight excluding hydrogens is 304 g/mol. The topological polar surface area (TPSA) is 66.0 Å². The van der Waals surface area contributed by atoms with Gasteiger partial charge in [0, 0.05) is 16.2 Å². The molecular formula is C15H14N2O2S2. The highest BCUT2D eigenvalue weighted by Gasteiger charge is 2.16. The van der Waals surface area contributed by atoms with E-state index < -0.39 is 0 Å². The standard InChI is InChI=1S/C15H14N2O2S2/c1-9-11(10-5-3-2-4-6-10)12-13(19)16-15(20-8-7-18)17-14(12)21-9/h2-6,18H,7-8H2,1H3,(H,16,17,19). The Hall–Kier alpha value is -1.63. The summed E-state index contributed by atoms with van der Waals surface area (Å²) >= 11 is 2.88. The molecule has 2 heterocycles. The Kier molecular flexibility index (Phi) is 4.10. The van der Waals surface area contributed by atoms with Crippen LogP contribution >= 0.6 is 23.1 Å². The van der Waals surface area contributed by atoms with Crippen LogP contribution in [0.25, 0.3) is 21.3 Å². The Morgan fingerprint density at radius 3 is 2.81 bits per heavy atom. The highest BCUT2D eigenvalue weighted by Crippen LogP contribution is 2.35. The number of benzene rings is 1. The molecule has 0 atom stereocenters. The average Bonchev–Trinajstić information content (AvgIpc) is 2.82. The molecule has 3 rings (SSSR count). The van der Waals surface area contributed by atoms with Crippen molar-refractivity contribution in [2.75, 3.05) is 12.4 Å². The Balaban J connectivity index is 2.19. The minimum Gasteiger partial charge on any atom is -0.396 e. The molecule has 0 bridgehead atoms. The first-order valence-electron chi connectivity index (χ1n) is 6.53. The number of aryl methyl sites for hydroxylation is 1. The summed E-state index contributed by atoms with van der Waals surface area (Å²) in [5, 5.41) is 10.1. The first kappa shape index (κ1) is 14.3. The molecule has 0 radical (unpaired) electrons. The molecule has 21 heavy (non-hydrogen) atoms. The van der Waals surface area contributed by atoms with Crippen molar-refractivity contribution < 1.29 is 5.11 Å². The van der Waals surface area contributed by atoms with Crippen LogP contribution in [0.4, 0.5) is 0 Å². The van der Waals surface area contributed by atoms with E-state index in [1.807, 2.05) is 37.3 Å². The van der Waals surface area contributed by atoms with Gasteiger partial charge < -0.3 is 10.1 Å². The number of nitrogens with one attached hydrogen (secondary N) is 1. The van der Waals surface area contributed by atoms with E-state index in [2.05, 4.69) is 9.97 Å². The summed E-state index contributed by atoms with van der Waals surface area (Å²) in [6.07, 6.45) is 0. The van der Waals surface area contributed by atoms with Crippen molar-refractivity contribution >= 4 is 33.3 Å². The number of aliphatic hydroxyl groups excluding tert-OH is 1. The van der Waals surface area contributed by atoms with Crippen LogP contribution in [-0.4, -0.2) is 27.4 Å². The second-order valence-corrected chi connectivity index (χ2v) is 6.81. The van der Waals surface area contributed by atoms with E-state index in [9.17, 15) is 4.79 Å². The maximum absolute atomic E-state index is 12.4. The first-order chi connectivity index (χ1) is 10.2. The van der Waals surface area contributed by atoms with E-state index >= 15 is 0 Å². The highest BCUT2D eigenvalue weighted by atomic mass is 32.2. The number of H-pyrrole nitrogens is 1. The first-order valence-corrected chi connectivity index (χ1v) is 8.33. The predicted octanol–water partition coefficient (Wildman–Crippen LogP) is 3.04. The fourth-order valence-corrected chi connectivity index (χ4v) is 3.97. The number of nitrogens with zero attached hydrogens (tertiary/aromatic N) is 1. The zero-order chi connectivity index (χ0) is 14.8. The summed E-state index contributed by atoms with van der Waals surface area (Å²) in [4.78, 5) is 21.5. The number of aliphatic hydroxyl groups is 1. The monoisotopic (exact) mass is 318 g/mol. The molecule has 2 aromatic heterocycles. The molecule has 0 fully saturated rings. The normalized spacial score (nSPS) is 11.1. The van der Waals surface area contributed by atoms with Gasteiger partial charge in [0.15, 0.2) is 5.16 Å². The summed E-state index contributed by atoms with van der Waals surface area (Å²) in [7, 11) is 0. The second-order valence-electron chi connectivity index (χ2n) is 4.52. The summed E-state index contributed by atoms with van der Waals surface area (Å²) in [6, 6.07) is 9.89. The third kappa shape index (κ3) is 2.74. The molecule has 0 amide bonds. The van der Waals surface area contributed by atoms with Crippen LogP contribution in [0.15, 0.2) is 40.3 Å². The van der Waals surface area contributed by atoms with Gasteiger partial charge >= 0.3 is 0 Å². The molecule has 1 aromatic carbocycles. The zero-order valence-electron chi connectivity index (χ0n) is 11.4. The van der Waals surface area contributed by atoms with Gasteiger partial charge in [-0.1, -0.05) is 42.1 Å². The van der Waals surface area contributed by atoms with Gasteiger partial charge in [-0.2, -0.15) is 0 Å². The van der Waals surface area contributed by atoms with Gasteiger partial charge in [-0.3, -0.25) is 4.79 Å². The lowest BCUT2D eigenvalue weighted by Crippen LogP contribution is -2.09. The van der Waals surface area contributed by atoms with Crippen LogP contribution in [0, 0.1) is 6.92 Å². The molecule has 3 aromatic rings. The number of thiophene rings is 1. The highest BCUT2D eigenvalue weighted by molar-refractivity contribution is 7.99. The van der Waals surface area contributed by atoms with Gasteiger partial charge in [-0.05, 0) is 12.5 Å². The Morgan fingerprint density at radius 2 is 2.10 bits per heavy atom. The molecule has 0 aliphatic carbocycles. The Morgan fingerprint density at radius 1 is 1.33 bits per heavy atom.